The molecule has 6 heteroatoms. The molecule has 0 radical (unpaired) electrons. The van der Waals surface area contributed by atoms with Crippen molar-refractivity contribution in [3.63, 3.8) is 0 Å². The highest BCUT2D eigenvalue weighted by Gasteiger charge is 2.10. The summed E-state index contributed by atoms with van der Waals surface area (Å²) in [5, 5.41) is 0. The maximum absolute atomic E-state index is 10.7. The molecule has 0 atom stereocenters. The molecule has 1 rings (SSSR count). The van der Waals surface area contributed by atoms with Crippen molar-refractivity contribution in [3.05, 3.63) is 17.7 Å². The molecule has 0 aliphatic carbocycles. The van der Waals surface area contributed by atoms with Crippen LogP contribution in [0.2, 0.25) is 0 Å². The number of amides is 2. The predicted molar refractivity (Wildman–Crippen MR) is 40.5 cm³/mol. The molecular weight excluding hydrogens is 160 g/mol. The zero-order chi connectivity index (χ0) is 9.30. The van der Waals surface area contributed by atoms with Gasteiger partial charge >= 0.3 is 6.03 Å². The summed E-state index contributed by atoms with van der Waals surface area (Å²) in [6, 6.07) is -0.687. The Balaban J connectivity index is 3.17. The molecule has 12 heavy (non-hydrogen) atoms. The minimum Gasteiger partial charge on any atom is -0.364 e. The van der Waals surface area contributed by atoms with Crippen LogP contribution in [0.1, 0.15) is 16.3 Å². The van der Waals surface area contributed by atoms with Crippen molar-refractivity contribution in [2.24, 2.45) is 11.5 Å². The average molecular weight is 168 g/mol. The lowest BCUT2D eigenvalue weighted by Crippen LogP contribution is -2.19. The van der Waals surface area contributed by atoms with Crippen molar-refractivity contribution in [2.45, 2.75) is 6.92 Å². The van der Waals surface area contributed by atoms with Crippen LogP contribution in [0.3, 0.4) is 0 Å². The Labute approximate surface area is 68.2 Å². The van der Waals surface area contributed by atoms with Crippen LogP contribution in [0.15, 0.2) is 6.20 Å². The number of nitrogens with two attached hydrogens (primary N) is 2. The summed E-state index contributed by atoms with van der Waals surface area (Å²) in [6.45, 7) is 1.55. The lowest BCUT2D eigenvalue weighted by molar-refractivity contribution is 0.0996. The number of primary amides is 2. The molecule has 0 aliphatic heterocycles. The second kappa shape index (κ2) is 2.65. The largest absolute Gasteiger partial charge is 0.364 e. The molecular formula is C6H8N4O2. The highest BCUT2D eigenvalue weighted by molar-refractivity contribution is 5.91. The van der Waals surface area contributed by atoms with E-state index in [0.29, 0.717) is 5.82 Å². The van der Waals surface area contributed by atoms with Crippen LogP contribution in [0.5, 0.6) is 0 Å². The third-order valence-corrected chi connectivity index (χ3v) is 1.37. The summed E-state index contributed by atoms with van der Waals surface area (Å²) >= 11 is 0. The number of hydrogen-bond acceptors (Lipinski definition) is 3. The van der Waals surface area contributed by atoms with Crippen molar-refractivity contribution in [2.75, 3.05) is 0 Å². The number of carbonyl (C=O) groups excluding carboxylic acids is 2. The maximum Gasteiger partial charge on any atom is 0.324 e. The third-order valence-electron chi connectivity index (χ3n) is 1.37. The van der Waals surface area contributed by atoms with Gasteiger partial charge in [0.2, 0.25) is 0 Å². The first-order chi connectivity index (χ1) is 5.52. The molecule has 0 aliphatic rings. The molecule has 1 aromatic rings. The summed E-state index contributed by atoms with van der Waals surface area (Å²) < 4.78 is 1.06. The van der Waals surface area contributed by atoms with Gasteiger partial charge < -0.3 is 11.5 Å². The van der Waals surface area contributed by atoms with Gasteiger partial charge in [0, 0.05) is 6.20 Å². The van der Waals surface area contributed by atoms with Crippen LogP contribution in [-0.2, 0) is 0 Å². The van der Waals surface area contributed by atoms with Gasteiger partial charge in [0.1, 0.15) is 11.5 Å². The molecule has 0 fully saturated rings. The summed E-state index contributed by atoms with van der Waals surface area (Å²) in [7, 11) is 0. The van der Waals surface area contributed by atoms with Crippen LogP contribution in [0.4, 0.5) is 4.79 Å². The first-order valence-corrected chi connectivity index (χ1v) is 3.18. The van der Waals surface area contributed by atoms with E-state index < -0.39 is 11.9 Å². The number of rotatable bonds is 1. The van der Waals surface area contributed by atoms with Gasteiger partial charge in [0.05, 0.1) is 0 Å². The topological polar surface area (TPSA) is 104 Å². The molecule has 0 unspecified atom stereocenters. The highest BCUT2D eigenvalue weighted by Crippen LogP contribution is 1.99. The SMILES string of the molecule is Cc1nc(C(N)=O)cn1C(N)=O. The first-order valence-electron chi connectivity index (χ1n) is 3.18. The monoisotopic (exact) mass is 168 g/mol. The summed E-state index contributed by atoms with van der Waals surface area (Å²) in [6.07, 6.45) is 1.21. The third kappa shape index (κ3) is 1.26. The molecule has 0 spiro atoms. The minimum absolute atomic E-state index is 0.0336. The average Bonchev–Trinajstić information content (AvgIpc) is 2.30. The van der Waals surface area contributed by atoms with E-state index in [1.807, 2.05) is 0 Å². The number of nitrogens with zero attached hydrogens (tertiary/aromatic N) is 2. The van der Waals surface area contributed by atoms with E-state index in [0.717, 1.165) is 4.57 Å². The fraction of sp³-hybridized carbons (Fsp3) is 0.167. The van der Waals surface area contributed by atoms with E-state index in [2.05, 4.69) is 4.98 Å². The smallest absolute Gasteiger partial charge is 0.324 e. The normalized spacial score (nSPS) is 9.75. The van der Waals surface area contributed by atoms with Gasteiger partial charge in [-0.1, -0.05) is 0 Å². The minimum atomic E-state index is -0.687. The van der Waals surface area contributed by atoms with Gasteiger partial charge in [-0.2, -0.15) is 0 Å². The molecule has 1 aromatic heterocycles. The van der Waals surface area contributed by atoms with Gasteiger partial charge in [0.15, 0.2) is 0 Å². The van der Waals surface area contributed by atoms with Gasteiger partial charge in [-0.3, -0.25) is 9.36 Å². The second-order valence-electron chi connectivity index (χ2n) is 2.25. The first kappa shape index (κ1) is 8.25. The quantitative estimate of drug-likeness (QED) is 0.574. The van der Waals surface area contributed by atoms with Gasteiger partial charge in [-0.05, 0) is 6.92 Å². The second-order valence-corrected chi connectivity index (χ2v) is 2.25. The Morgan fingerprint density at radius 2 is 2.08 bits per heavy atom. The van der Waals surface area contributed by atoms with Crippen molar-refractivity contribution >= 4 is 11.9 Å². The Hall–Kier alpha value is -1.85. The van der Waals surface area contributed by atoms with Gasteiger partial charge in [-0.25, -0.2) is 9.78 Å². The molecule has 6 nitrogen and oxygen atoms in total. The Kier molecular flexibility index (Phi) is 1.82. The molecule has 0 saturated carbocycles. The van der Waals surface area contributed by atoms with Crippen LogP contribution in [0.25, 0.3) is 0 Å². The van der Waals surface area contributed by atoms with E-state index in [4.69, 9.17) is 11.5 Å². The number of hydrogen-bond donors (Lipinski definition) is 2. The van der Waals surface area contributed by atoms with Crippen molar-refractivity contribution in [3.8, 4) is 0 Å². The summed E-state index contributed by atoms with van der Waals surface area (Å²) in [4.78, 5) is 25.0. The Morgan fingerprint density at radius 3 is 2.33 bits per heavy atom. The molecule has 64 valence electrons. The summed E-state index contributed by atoms with van der Waals surface area (Å²) in [5.74, 6) is -0.339. The van der Waals surface area contributed by atoms with E-state index in [-0.39, 0.29) is 5.69 Å². The van der Waals surface area contributed by atoms with E-state index in [9.17, 15) is 9.59 Å². The Bertz CT molecular complexity index is 341. The van der Waals surface area contributed by atoms with Crippen molar-refractivity contribution in [1.82, 2.24) is 9.55 Å². The number of aryl methyl sites for hydroxylation is 1. The predicted octanol–water partition coefficient (Wildman–Crippen LogP) is -0.783. The van der Waals surface area contributed by atoms with E-state index >= 15 is 0 Å². The Morgan fingerprint density at radius 1 is 1.50 bits per heavy atom. The van der Waals surface area contributed by atoms with Gasteiger partial charge in [-0.15, -0.1) is 0 Å². The fourth-order valence-electron chi connectivity index (χ4n) is 0.815. The van der Waals surface area contributed by atoms with Crippen LogP contribution in [-0.4, -0.2) is 21.5 Å². The standard InChI is InChI=1S/C6H8N4O2/c1-3-9-4(5(7)11)2-10(3)6(8)12/h2H,1H3,(H2,7,11)(H2,8,12). The van der Waals surface area contributed by atoms with Crippen LogP contribution >= 0.6 is 0 Å². The molecule has 1 heterocycles. The van der Waals surface area contributed by atoms with E-state index in [1.54, 1.807) is 6.92 Å². The fourth-order valence-corrected chi connectivity index (χ4v) is 0.815. The molecule has 2 amide bonds. The van der Waals surface area contributed by atoms with Gasteiger partial charge in [0.25, 0.3) is 5.91 Å². The zero-order valence-corrected chi connectivity index (χ0v) is 6.44. The number of aromatic nitrogens is 2. The lowest BCUT2D eigenvalue weighted by Gasteiger charge is -1.93. The molecule has 4 N–H and O–H groups in total. The summed E-state index contributed by atoms with van der Waals surface area (Å²) in [5.41, 5.74) is 9.92. The molecule has 0 bridgehead atoms. The maximum atomic E-state index is 10.7. The molecule has 0 saturated heterocycles. The van der Waals surface area contributed by atoms with E-state index in [1.165, 1.54) is 6.20 Å². The highest BCUT2D eigenvalue weighted by atomic mass is 16.2. The number of carbonyl (C=O) groups is 2. The van der Waals surface area contributed by atoms with Crippen LogP contribution < -0.4 is 11.5 Å². The van der Waals surface area contributed by atoms with Crippen molar-refractivity contribution in [1.29, 1.82) is 0 Å². The molecule has 0 aromatic carbocycles. The van der Waals surface area contributed by atoms with Crippen molar-refractivity contribution < 1.29 is 9.59 Å². The lowest BCUT2D eigenvalue weighted by atomic mass is 10.5. The number of imidazole rings is 1. The van der Waals surface area contributed by atoms with Crippen LogP contribution in [0, 0.1) is 6.92 Å². The zero-order valence-electron chi connectivity index (χ0n) is 6.44.